The van der Waals surface area contributed by atoms with E-state index in [0.717, 1.165) is 25.7 Å². The number of amidine groups is 2. The fourth-order valence-electron chi connectivity index (χ4n) is 3.97. The van der Waals surface area contributed by atoms with Crippen LogP contribution in [0.3, 0.4) is 0 Å². The third-order valence-corrected chi connectivity index (χ3v) is 11.8. The topological polar surface area (TPSA) is 150 Å². The van der Waals surface area contributed by atoms with Gasteiger partial charge in [0.2, 0.25) is 0 Å². The molecule has 2 aliphatic heterocycles. The van der Waals surface area contributed by atoms with E-state index >= 15 is 0 Å². The number of hydrogen-bond acceptors (Lipinski definition) is 10. The molecule has 0 bridgehead atoms. The number of rotatable bonds is 19. The molecule has 18 heteroatoms. The van der Waals surface area contributed by atoms with Gasteiger partial charge in [0.05, 0.1) is 34.9 Å². The van der Waals surface area contributed by atoms with Crippen LogP contribution in [-0.2, 0) is 18.2 Å². The zero-order valence-corrected chi connectivity index (χ0v) is 29.4. The summed E-state index contributed by atoms with van der Waals surface area (Å²) in [5.41, 5.74) is 6.43. The van der Waals surface area contributed by atoms with Gasteiger partial charge in [-0.2, -0.15) is 10.2 Å². The minimum Gasteiger partial charge on any atom is -0.397 e. The van der Waals surface area contributed by atoms with Crippen LogP contribution in [0.5, 0.6) is 0 Å². The zero-order valence-electron chi connectivity index (χ0n) is 24.6. The summed E-state index contributed by atoms with van der Waals surface area (Å²) in [5.74, 6) is 0.230. The smallest absolute Gasteiger partial charge is 0.343 e. The van der Waals surface area contributed by atoms with Crippen molar-refractivity contribution in [3.63, 3.8) is 0 Å². The van der Waals surface area contributed by atoms with E-state index in [-0.39, 0.29) is 47.4 Å². The van der Waals surface area contributed by atoms with Crippen molar-refractivity contribution in [2.24, 2.45) is 32.0 Å². The molecule has 242 valence electrons. The predicted molar refractivity (Wildman–Crippen MR) is 177 cm³/mol. The van der Waals surface area contributed by atoms with E-state index in [4.69, 9.17) is 55.5 Å². The van der Waals surface area contributed by atoms with Gasteiger partial charge in [0.1, 0.15) is 0 Å². The first kappa shape index (κ1) is 37.6. The molecule has 2 rings (SSSR count). The first-order valence-corrected chi connectivity index (χ1v) is 19.6. The van der Waals surface area contributed by atoms with Gasteiger partial charge in [-0.25, -0.2) is 31.0 Å². The first-order chi connectivity index (χ1) is 20.0. The van der Waals surface area contributed by atoms with Crippen molar-refractivity contribution in [1.29, 1.82) is 0 Å². The highest BCUT2D eigenvalue weighted by Crippen LogP contribution is 2.55. The van der Waals surface area contributed by atoms with Gasteiger partial charge in [0, 0.05) is 13.1 Å². The summed E-state index contributed by atoms with van der Waals surface area (Å²) in [7, 11) is -6.51. The van der Waals surface area contributed by atoms with Gasteiger partial charge < -0.3 is 9.05 Å². The zero-order chi connectivity index (χ0) is 31.2. The first-order valence-electron chi connectivity index (χ1n) is 14.1. The maximum absolute atomic E-state index is 13.6. The van der Waals surface area contributed by atoms with Crippen molar-refractivity contribution in [2.45, 2.75) is 77.8 Å². The third kappa shape index (κ3) is 12.4. The minimum atomic E-state index is -3.25. The molecule has 4 N–H and O–H groups in total. The number of aliphatic imine (C=N–C) groups is 2. The minimum absolute atomic E-state index is 0.0998. The standard InChI is InChI=1S/C24H44Cl4N8O4P2/c1-17(2)11-21-31-23(35-33-19(13-25)14-26)39-41(21,37)29-9-7-5-6-8-10-30-42(38)22(12-18(3)4)32-24(40-42)36-34-20(15-27)16-28/h17-18,21-22H,5-16H2,1-4H3,(H,29,37)(H,30,38)(H,31,35)(H,32,36)/t21-,22-,41-,42+/m1/s1. The Hall–Kier alpha value is -0.580. The van der Waals surface area contributed by atoms with Crippen LogP contribution in [0.25, 0.3) is 0 Å². The van der Waals surface area contributed by atoms with Crippen LogP contribution >= 0.6 is 61.4 Å². The quantitative estimate of drug-likeness (QED) is 0.0391. The Morgan fingerprint density at radius 3 is 1.38 bits per heavy atom. The SMILES string of the molecule is CC(C)C[C@@H]1N=C(NN=C(CCl)CCl)O[P@]1(=O)NCCCCCCN[P@]1(=O)OC(NN=C(CCl)CCl)=N[C@H]1CC(C)C. The van der Waals surface area contributed by atoms with Crippen molar-refractivity contribution >= 4 is 84.9 Å². The van der Waals surface area contributed by atoms with E-state index in [0.29, 0.717) is 37.4 Å². The lowest BCUT2D eigenvalue weighted by atomic mass is 10.1. The van der Waals surface area contributed by atoms with Crippen LogP contribution in [0.4, 0.5) is 0 Å². The Labute approximate surface area is 269 Å². The molecule has 12 nitrogen and oxygen atoms in total. The summed E-state index contributed by atoms with van der Waals surface area (Å²) < 4.78 is 38.5. The van der Waals surface area contributed by atoms with E-state index in [1.165, 1.54) is 0 Å². The number of unbranched alkanes of at least 4 members (excludes halogenated alkanes) is 3. The Bertz CT molecular complexity index is 983. The van der Waals surface area contributed by atoms with Gasteiger partial charge in [-0.05, 0) is 37.5 Å². The lowest BCUT2D eigenvalue weighted by Gasteiger charge is -2.20. The monoisotopic (exact) mass is 710 g/mol. The number of hydrazone groups is 2. The lowest BCUT2D eigenvalue weighted by molar-refractivity contribution is 0.442. The van der Waals surface area contributed by atoms with Gasteiger partial charge >= 0.3 is 27.1 Å². The second-order valence-electron chi connectivity index (χ2n) is 10.8. The number of nitrogens with zero attached hydrogens (tertiary/aromatic N) is 4. The van der Waals surface area contributed by atoms with E-state index in [9.17, 15) is 9.13 Å². The molecule has 2 heterocycles. The predicted octanol–water partition coefficient (Wildman–Crippen LogP) is 6.48. The summed E-state index contributed by atoms with van der Waals surface area (Å²) >= 11 is 23.2. The fraction of sp³-hybridized carbons (Fsp3) is 0.833. The molecule has 0 fully saturated rings. The average Bonchev–Trinajstić information content (AvgIpc) is 3.41. The molecule has 0 spiro atoms. The summed E-state index contributed by atoms with van der Waals surface area (Å²) in [6.45, 7) is 9.19. The number of alkyl halides is 4. The van der Waals surface area contributed by atoms with Crippen LogP contribution in [0.1, 0.15) is 66.2 Å². The van der Waals surface area contributed by atoms with Crippen LogP contribution in [0.15, 0.2) is 20.2 Å². The molecule has 0 aliphatic carbocycles. The molecule has 0 amide bonds. The Morgan fingerprint density at radius 2 is 1.07 bits per heavy atom. The van der Waals surface area contributed by atoms with Crippen LogP contribution in [0, 0.1) is 11.8 Å². The van der Waals surface area contributed by atoms with Gasteiger partial charge in [-0.3, -0.25) is 9.13 Å². The maximum Gasteiger partial charge on any atom is 0.343 e. The molecule has 0 saturated heterocycles. The van der Waals surface area contributed by atoms with Crippen molar-refractivity contribution < 1.29 is 18.2 Å². The highest BCUT2D eigenvalue weighted by atomic mass is 35.5. The second-order valence-corrected chi connectivity index (χ2v) is 16.5. The number of nitrogens with one attached hydrogen (secondary N) is 4. The summed E-state index contributed by atoms with van der Waals surface area (Å²) in [6.07, 6.45) is 4.55. The van der Waals surface area contributed by atoms with E-state index in [2.05, 4.69) is 41.2 Å². The number of halogens is 4. The Morgan fingerprint density at radius 1 is 0.714 bits per heavy atom. The van der Waals surface area contributed by atoms with Gasteiger partial charge in [-0.1, -0.05) is 40.5 Å². The summed E-state index contributed by atoms with van der Waals surface area (Å²) in [5, 5.41) is 14.4. The molecule has 0 unspecified atom stereocenters. The number of hydrogen-bond donors (Lipinski definition) is 4. The molecule has 42 heavy (non-hydrogen) atoms. The van der Waals surface area contributed by atoms with Gasteiger partial charge in [0.25, 0.3) is 0 Å². The molecule has 0 aromatic heterocycles. The molecule has 2 aliphatic rings. The lowest BCUT2D eigenvalue weighted by Crippen LogP contribution is -2.23. The van der Waals surface area contributed by atoms with Crippen LogP contribution in [-0.4, -0.2) is 71.6 Å². The Balaban J connectivity index is 1.78. The Kier molecular flexibility index (Phi) is 17.1. The van der Waals surface area contributed by atoms with E-state index in [1.54, 1.807) is 0 Å². The fourth-order valence-corrected chi connectivity index (χ4v) is 9.11. The largest absolute Gasteiger partial charge is 0.397 e. The maximum atomic E-state index is 13.6. The summed E-state index contributed by atoms with van der Waals surface area (Å²) in [6, 6.07) is 0.200. The van der Waals surface area contributed by atoms with E-state index < -0.39 is 26.6 Å². The highest BCUT2D eigenvalue weighted by Gasteiger charge is 2.43. The molecular formula is C24H44Cl4N8O4P2. The molecule has 4 atom stereocenters. The van der Waals surface area contributed by atoms with Crippen LogP contribution < -0.4 is 21.0 Å². The van der Waals surface area contributed by atoms with Crippen molar-refractivity contribution in [2.75, 3.05) is 36.6 Å². The van der Waals surface area contributed by atoms with Crippen molar-refractivity contribution in [1.82, 2.24) is 21.0 Å². The van der Waals surface area contributed by atoms with Crippen molar-refractivity contribution in [3.05, 3.63) is 0 Å². The van der Waals surface area contributed by atoms with Crippen LogP contribution in [0.2, 0.25) is 0 Å². The summed E-state index contributed by atoms with van der Waals surface area (Å²) in [4.78, 5) is 8.90. The normalized spacial score (nSPS) is 25.1. The molecular weight excluding hydrogens is 668 g/mol. The van der Waals surface area contributed by atoms with Gasteiger partial charge in [-0.15, -0.1) is 46.4 Å². The average molecular weight is 712 g/mol. The molecule has 0 aromatic carbocycles. The third-order valence-electron chi connectivity index (χ3n) is 6.13. The molecule has 0 saturated carbocycles. The van der Waals surface area contributed by atoms with E-state index in [1.807, 2.05) is 27.7 Å². The molecule has 0 aromatic rings. The second kappa shape index (κ2) is 19.1. The van der Waals surface area contributed by atoms with Crippen molar-refractivity contribution in [3.8, 4) is 0 Å². The van der Waals surface area contributed by atoms with Gasteiger partial charge in [0.15, 0.2) is 11.6 Å². The molecule has 0 radical (unpaired) electrons. The highest BCUT2D eigenvalue weighted by molar-refractivity contribution is 7.58.